The summed E-state index contributed by atoms with van der Waals surface area (Å²) in [6, 6.07) is 4.27. The Bertz CT molecular complexity index is 529. The molecule has 5 heteroatoms. The van der Waals surface area contributed by atoms with Gasteiger partial charge >= 0.3 is 0 Å². The number of rotatable bonds is 2. The van der Waals surface area contributed by atoms with E-state index in [-0.39, 0.29) is 29.2 Å². The second-order valence-electron chi connectivity index (χ2n) is 5.63. The second-order valence-corrected chi connectivity index (χ2v) is 5.90. The number of nitrogens with one attached hydrogen (secondary N) is 1. The van der Waals surface area contributed by atoms with Crippen molar-refractivity contribution >= 4 is 17.5 Å². The quantitative estimate of drug-likeness (QED) is 0.851. The maximum Gasteiger partial charge on any atom is 0.235 e. The molecule has 1 atom stereocenters. The van der Waals surface area contributed by atoms with E-state index in [9.17, 15) is 9.18 Å². The molecule has 1 spiro atoms. The molecule has 1 heterocycles. The van der Waals surface area contributed by atoms with E-state index in [2.05, 4.69) is 5.32 Å². The third-order valence-corrected chi connectivity index (χ3v) is 4.46. The minimum absolute atomic E-state index is 0.0883. The number of amides is 1. The van der Waals surface area contributed by atoms with Gasteiger partial charge in [-0.1, -0.05) is 0 Å². The number of ether oxygens (including phenoxy) is 1. The van der Waals surface area contributed by atoms with E-state index in [1.165, 1.54) is 12.1 Å². The van der Waals surface area contributed by atoms with Crippen LogP contribution < -0.4 is 10.1 Å². The van der Waals surface area contributed by atoms with Crippen LogP contribution in [0.5, 0.6) is 5.75 Å². The molecule has 3 nitrogen and oxygen atoms in total. The highest BCUT2D eigenvalue weighted by Gasteiger charge is 2.43. The Kier molecular flexibility index (Phi) is 3.59. The minimum Gasteiger partial charge on any atom is -0.487 e. The summed E-state index contributed by atoms with van der Waals surface area (Å²) in [6.45, 7) is 0. The van der Waals surface area contributed by atoms with Gasteiger partial charge < -0.3 is 10.1 Å². The number of hydrogen-bond acceptors (Lipinski definition) is 2. The number of carbonyl (C=O) groups excluding carboxylic acids is 1. The summed E-state index contributed by atoms with van der Waals surface area (Å²) < 4.78 is 19.6. The predicted octanol–water partition coefficient (Wildman–Crippen LogP) is 3.32. The standard InChI is InChI=1S/C15H17ClFNO2/c16-9-14(19)18-12-8-15(5-1-2-6-15)20-13-4-3-10(17)7-11(12)13/h3-4,7,12H,1-2,5-6,8-9H2,(H,18,19)/t12-/m1/s1. The highest BCUT2D eigenvalue weighted by molar-refractivity contribution is 6.27. The van der Waals surface area contributed by atoms with Crippen molar-refractivity contribution in [3.8, 4) is 5.75 Å². The Hall–Kier alpha value is -1.29. The van der Waals surface area contributed by atoms with Crippen LogP contribution in [-0.4, -0.2) is 17.4 Å². The number of benzene rings is 1. The SMILES string of the molecule is O=C(CCl)N[C@@H]1CC2(CCCC2)Oc2ccc(F)cc21. The molecule has 0 radical (unpaired) electrons. The summed E-state index contributed by atoms with van der Waals surface area (Å²) in [5.41, 5.74) is 0.496. The maximum atomic E-state index is 13.5. The summed E-state index contributed by atoms with van der Waals surface area (Å²) in [5.74, 6) is 0.0378. The number of fused-ring (bicyclic) bond motifs is 1. The van der Waals surface area contributed by atoms with Crippen LogP contribution in [0.25, 0.3) is 0 Å². The number of alkyl halides is 1. The van der Waals surface area contributed by atoms with Gasteiger partial charge in [0, 0.05) is 12.0 Å². The lowest BCUT2D eigenvalue weighted by atomic mass is 9.86. The first-order valence-corrected chi connectivity index (χ1v) is 7.49. The van der Waals surface area contributed by atoms with Crippen LogP contribution in [0.3, 0.4) is 0 Å². The van der Waals surface area contributed by atoms with Crippen molar-refractivity contribution in [2.45, 2.75) is 43.7 Å². The number of carbonyl (C=O) groups is 1. The Morgan fingerprint density at radius 3 is 2.90 bits per heavy atom. The molecule has 20 heavy (non-hydrogen) atoms. The Morgan fingerprint density at radius 2 is 2.20 bits per heavy atom. The molecule has 0 saturated heterocycles. The average Bonchev–Trinajstić information content (AvgIpc) is 2.87. The molecule has 1 N–H and O–H groups in total. The normalized spacial score (nSPS) is 23.2. The van der Waals surface area contributed by atoms with Crippen LogP contribution in [0.1, 0.15) is 43.7 Å². The fourth-order valence-corrected chi connectivity index (χ4v) is 3.41. The summed E-state index contributed by atoms with van der Waals surface area (Å²) in [5, 5.41) is 2.89. The molecule has 1 saturated carbocycles. The predicted molar refractivity (Wildman–Crippen MR) is 74.4 cm³/mol. The van der Waals surface area contributed by atoms with Crippen molar-refractivity contribution in [1.29, 1.82) is 0 Å². The molecule has 1 aliphatic carbocycles. The first kappa shape index (κ1) is 13.7. The van der Waals surface area contributed by atoms with Gasteiger partial charge in [-0.3, -0.25) is 4.79 Å². The Labute approximate surface area is 122 Å². The zero-order valence-electron chi connectivity index (χ0n) is 11.1. The topological polar surface area (TPSA) is 38.3 Å². The maximum absolute atomic E-state index is 13.5. The van der Waals surface area contributed by atoms with Crippen LogP contribution in [0.2, 0.25) is 0 Å². The molecule has 108 valence electrons. The van der Waals surface area contributed by atoms with Crippen molar-refractivity contribution in [2.75, 3.05) is 5.88 Å². The molecule has 0 aromatic heterocycles. The zero-order valence-corrected chi connectivity index (χ0v) is 11.9. The van der Waals surface area contributed by atoms with Crippen LogP contribution in [0.4, 0.5) is 4.39 Å². The molecule has 1 aromatic carbocycles. The van der Waals surface area contributed by atoms with Gasteiger partial charge in [0.05, 0.1) is 6.04 Å². The van der Waals surface area contributed by atoms with E-state index in [4.69, 9.17) is 16.3 Å². The van der Waals surface area contributed by atoms with Crippen molar-refractivity contribution < 1.29 is 13.9 Å². The number of halogens is 2. The van der Waals surface area contributed by atoms with Gasteiger partial charge in [-0.05, 0) is 43.9 Å². The Balaban J connectivity index is 1.94. The third kappa shape index (κ3) is 2.49. The summed E-state index contributed by atoms with van der Waals surface area (Å²) in [4.78, 5) is 11.6. The van der Waals surface area contributed by atoms with Gasteiger partial charge in [0.15, 0.2) is 0 Å². The lowest BCUT2D eigenvalue weighted by Gasteiger charge is -2.40. The fourth-order valence-electron chi connectivity index (χ4n) is 3.33. The van der Waals surface area contributed by atoms with E-state index in [1.807, 2.05) is 0 Å². The largest absolute Gasteiger partial charge is 0.487 e. The van der Waals surface area contributed by atoms with Gasteiger partial charge in [-0.25, -0.2) is 4.39 Å². The highest BCUT2D eigenvalue weighted by Crippen LogP contribution is 2.47. The van der Waals surface area contributed by atoms with Crippen molar-refractivity contribution in [1.82, 2.24) is 5.32 Å². The van der Waals surface area contributed by atoms with Gasteiger partial charge in [0.25, 0.3) is 0 Å². The molecule has 1 aromatic rings. The van der Waals surface area contributed by atoms with E-state index in [0.717, 1.165) is 25.7 Å². The van der Waals surface area contributed by atoms with E-state index >= 15 is 0 Å². The molecule has 3 rings (SSSR count). The first-order valence-electron chi connectivity index (χ1n) is 6.96. The van der Waals surface area contributed by atoms with Crippen molar-refractivity contribution in [3.05, 3.63) is 29.6 Å². The van der Waals surface area contributed by atoms with Gasteiger partial charge in [-0.2, -0.15) is 0 Å². The first-order chi connectivity index (χ1) is 9.62. The van der Waals surface area contributed by atoms with Crippen molar-refractivity contribution in [3.63, 3.8) is 0 Å². The van der Waals surface area contributed by atoms with Gasteiger partial charge in [0.1, 0.15) is 23.0 Å². The van der Waals surface area contributed by atoms with Crippen LogP contribution in [0.15, 0.2) is 18.2 Å². The van der Waals surface area contributed by atoms with Crippen LogP contribution in [0, 0.1) is 5.82 Å². The molecule has 0 bridgehead atoms. The van der Waals surface area contributed by atoms with Crippen LogP contribution in [-0.2, 0) is 4.79 Å². The highest BCUT2D eigenvalue weighted by atomic mass is 35.5. The fraction of sp³-hybridized carbons (Fsp3) is 0.533. The van der Waals surface area contributed by atoms with Crippen molar-refractivity contribution in [2.24, 2.45) is 0 Å². The van der Waals surface area contributed by atoms with E-state index in [1.54, 1.807) is 6.07 Å². The molecule has 1 aliphatic heterocycles. The lowest BCUT2D eigenvalue weighted by Crippen LogP contribution is -2.43. The van der Waals surface area contributed by atoms with Gasteiger partial charge in [-0.15, -0.1) is 11.6 Å². The number of hydrogen-bond donors (Lipinski definition) is 1. The van der Waals surface area contributed by atoms with Gasteiger partial charge in [0.2, 0.25) is 5.91 Å². The smallest absolute Gasteiger partial charge is 0.235 e. The lowest BCUT2D eigenvalue weighted by molar-refractivity contribution is -0.120. The summed E-state index contributed by atoms with van der Waals surface area (Å²) in [6.07, 6.45) is 4.92. The molecular weight excluding hydrogens is 281 g/mol. The Morgan fingerprint density at radius 1 is 1.45 bits per heavy atom. The molecule has 1 amide bonds. The summed E-state index contributed by atoms with van der Waals surface area (Å²) in [7, 11) is 0. The molecule has 1 fully saturated rings. The molecule has 0 unspecified atom stereocenters. The van der Waals surface area contributed by atoms with E-state index in [0.29, 0.717) is 17.7 Å². The molecular formula is C15H17ClFNO2. The average molecular weight is 298 g/mol. The third-order valence-electron chi connectivity index (χ3n) is 4.22. The zero-order chi connectivity index (χ0) is 14.2. The second kappa shape index (κ2) is 5.24. The monoisotopic (exact) mass is 297 g/mol. The van der Waals surface area contributed by atoms with Crippen LogP contribution >= 0.6 is 11.6 Å². The van der Waals surface area contributed by atoms with E-state index < -0.39 is 0 Å². The minimum atomic E-state index is -0.320. The molecule has 2 aliphatic rings. The summed E-state index contributed by atoms with van der Waals surface area (Å²) >= 11 is 5.56.